The van der Waals surface area contributed by atoms with Crippen molar-refractivity contribution in [1.82, 2.24) is 0 Å². The summed E-state index contributed by atoms with van der Waals surface area (Å²) in [6.07, 6.45) is 5.18. The average molecular weight is 174 g/mol. The van der Waals surface area contributed by atoms with E-state index in [4.69, 9.17) is 5.73 Å². The molecule has 68 valence electrons. The van der Waals surface area contributed by atoms with Crippen LogP contribution in [0.4, 0.5) is 5.69 Å². The van der Waals surface area contributed by atoms with Gasteiger partial charge in [-0.3, -0.25) is 0 Å². The Morgan fingerprint density at radius 3 is 3.23 bits per heavy atom. The Labute approximate surface area is 78.5 Å². The zero-order chi connectivity index (χ0) is 9.10. The highest BCUT2D eigenvalue weighted by Crippen LogP contribution is 2.23. The molecule has 0 fully saturated rings. The molecule has 0 saturated carbocycles. The smallest absolute Gasteiger partial charge is 0.0373 e. The predicted octanol–water partition coefficient (Wildman–Crippen LogP) is 1.63. The van der Waals surface area contributed by atoms with Crippen LogP contribution in [0.2, 0.25) is 0 Å². The van der Waals surface area contributed by atoms with E-state index in [1.807, 2.05) is 6.08 Å². The monoisotopic (exact) mass is 174 g/mol. The number of benzene rings is 1. The van der Waals surface area contributed by atoms with Crippen LogP contribution in [0.3, 0.4) is 0 Å². The molecule has 13 heavy (non-hydrogen) atoms. The number of fused-ring (bicyclic) bond motifs is 1. The maximum atomic E-state index is 5.39. The van der Waals surface area contributed by atoms with Gasteiger partial charge in [0.2, 0.25) is 0 Å². The molecule has 0 aliphatic carbocycles. The second-order valence-corrected chi connectivity index (χ2v) is 3.23. The van der Waals surface area contributed by atoms with E-state index >= 15 is 0 Å². The molecule has 1 aliphatic rings. The van der Waals surface area contributed by atoms with Gasteiger partial charge in [-0.25, -0.2) is 0 Å². The zero-order valence-corrected chi connectivity index (χ0v) is 7.59. The lowest BCUT2D eigenvalue weighted by atomic mass is 10.1. The Hall–Kier alpha value is -1.28. The van der Waals surface area contributed by atoms with Gasteiger partial charge in [-0.1, -0.05) is 18.2 Å². The van der Waals surface area contributed by atoms with Crippen molar-refractivity contribution in [2.24, 2.45) is 5.73 Å². The lowest BCUT2D eigenvalue weighted by Crippen LogP contribution is -1.92. The molecule has 0 atom stereocenters. The van der Waals surface area contributed by atoms with Crippen molar-refractivity contribution < 1.29 is 0 Å². The van der Waals surface area contributed by atoms with Gasteiger partial charge in [-0.2, -0.15) is 0 Å². The summed E-state index contributed by atoms with van der Waals surface area (Å²) in [6, 6.07) is 6.48. The van der Waals surface area contributed by atoms with Crippen LogP contribution in [0, 0.1) is 0 Å². The van der Waals surface area contributed by atoms with Crippen LogP contribution in [0.25, 0.3) is 6.08 Å². The van der Waals surface area contributed by atoms with Crippen molar-refractivity contribution in [3.05, 3.63) is 35.4 Å². The van der Waals surface area contributed by atoms with Crippen LogP contribution < -0.4 is 11.1 Å². The summed E-state index contributed by atoms with van der Waals surface area (Å²) in [5.74, 6) is 0. The fourth-order valence-electron chi connectivity index (χ4n) is 1.63. The molecule has 0 saturated heterocycles. The minimum Gasteiger partial charge on any atom is -0.384 e. The fourth-order valence-corrected chi connectivity index (χ4v) is 1.63. The van der Waals surface area contributed by atoms with Gasteiger partial charge in [0.25, 0.3) is 0 Å². The quantitative estimate of drug-likeness (QED) is 0.715. The molecular weight excluding hydrogens is 160 g/mol. The Balaban J connectivity index is 2.25. The van der Waals surface area contributed by atoms with E-state index in [9.17, 15) is 0 Å². The number of rotatable bonds is 2. The molecule has 0 bridgehead atoms. The third-order valence-corrected chi connectivity index (χ3v) is 2.29. The van der Waals surface area contributed by atoms with Crippen LogP contribution >= 0.6 is 0 Å². The number of nitrogens with one attached hydrogen (secondary N) is 1. The summed E-state index contributed by atoms with van der Waals surface area (Å²) in [5.41, 5.74) is 9.33. The van der Waals surface area contributed by atoms with E-state index in [-0.39, 0.29) is 0 Å². The molecule has 0 radical (unpaired) electrons. The maximum Gasteiger partial charge on any atom is 0.0373 e. The number of nitrogens with two attached hydrogens (primary N) is 1. The number of anilines is 1. The summed E-state index contributed by atoms with van der Waals surface area (Å²) < 4.78 is 0. The lowest BCUT2D eigenvalue weighted by Gasteiger charge is -2.00. The van der Waals surface area contributed by atoms with Gasteiger partial charge in [-0.05, 0) is 29.7 Å². The van der Waals surface area contributed by atoms with E-state index < -0.39 is 0 Å². The van der Waals surface area contributed by atoms with E-state index in [0.29, 0.717) is 6.54 Å². The second kappa shape index (κ2) is 3.62. The van der Waals surface area contributed by atoms with Crippen molar-refractivity contribution in [2.75, 3.05) is 18.4 Å². The molecule has 3 N–H and O–H groups in total. The van der Waals surface area contributed by atoms with E-state index in [2.05, 4.69) is 29.6 Å². The van der Waals surface area contributed by atoms with Gasteiger partial charge in [0.15, 0.2) is 0 Å². The standard InChI is InChI=1S/C11H14N2/c12-6-1-2-9-3-4-11-10(8-9)5-7-13-11/h1-4,8,13H,5-7,12H2. The summed E-state index contributed by atoms with van der Waals surface area (Å²) >= 11 is 0. The molecule has 0 unspecified atom stereocenters. The first-order valence-electron chi connectivity index (χ1n) is 4.63. The van der Waals surface area contributed by atoms with Gasteiger partial charge in [-0.15, -0.1) is 0 Å². The Kier molecular flexibility index (Phi) is 2.32. The van der Waals surface area contributed by atoms with E-state index in [1.165, 1.54) is 16.8 Å². The predicted molar refractivity (Wildman–Crippen MR) is 56.7 cm³/mol. The molecule has 1 heterocycles. The van der Waals surface area contributed by atoms with Crippen LogP contribution in [0.5, 0.6) is 0 Å². The van der Waals surface area contributed by atoms with Gasteiger partial charge in [0, 0.05) is 18.8 Å². The van der Waals surface area contributed by atoms with E-state index in [0.717, 1.165) is 13.0 Å². The highest BCUT2D eigenvalue weighted by molar-refractivity contribution is 5.62. The van der Waals surface area contributed by atoms with Crippen LogP contribution in [0.15, 0.2) is 24.3 Å². The first-order chi connectivity index (χ1) is 6.40. The van der Waals surface area contributed by atoms with Crippen LogP contribution in [0.1, 0.15) is 11.1 Å². The number of hydrogen-bond donors (Lipinski definition) is 2. The Morgan fingerprint density at radius 2 is 2.38 bits per heavy atom. The molecule has 1 aromatic carbocycles. The fraction of sp³-hybridized carbons (Fsp3) is 0.273. The van der Waals surface area contributed by atoms with Gasteiger partial charge in [0.1, 0.15) is 0 Å². The van der Waals surface area contributed by atoms with Crippen LogP contribution in [-0.4, -0.2) is 13.1 Å². The van der Waals surface area contributed by atoms with Crippen LogP contribution in [-0.2, 0) is 6.42 Å². The first kappa shape index (κ1) is 8.32. The third kappa shape index (κ3) is 1.73. The van der Waals surface area contributed by atoms with Crippen molar-refractivity contribution in [3.63, 3.8) is 0 Å². The molecule has 2 nitrogen and oxygen atoms in total. The zero-order valence-electron chi connectivity index (χ0n) is 7.59. The largest absolute Gasteiger partial charge is 0.384 e. The number of hydrogen-bond acceptors (Lipinski definition) is 2. The molecular formula is C11H14N2. The van der Waals surface area contributed by atoms with Crippen molar-refractivity contribution in [3.8, 4) is 0 Å². The summed E-state index contributed by atoms with van der Waals surface area (Å²) in [5, 5.41) is 3.33. The molecule has 1 aliphatic heterocycles. The second-order valence-electron chi connectivity index (χ2n) is 3.23. The molecule has 0 amide bonds. The molecule has 0 spiro atoms. The summed E-state index contributed by atoms with van der Waals surface area (Å²) in [6.45, 7) is 1.68. The molecule has 2 heteroatoms. The Morgan fingerprint density at radius 1 is 1.46 bits per heavy atom. The molecule has 1 aromatic rings. The molecule has 0 aromatic heterocycles. The van der Waals surface area contributed by atoms with Gasteiger partial charge < -0.3 is 11.1 Å². The van der Waals surface area contributed by atoms with Crippen molar-refractivity contribution in [2.45, 2.75) is 6.42 Å². The summed E-state index contributed by atoms with van der Waals surface area (Å²) in [4.78, 5) is 0. The topological polar surface area (TPSA) is 38.0 Å². The third-order valence-electron chi connectivity index (χ3n) is 2.29. The molecule has 2 rings (SSSR count). The highest BCUT2D eigenvalue weighted by atomic mass is 14.9. The van der Waals surface area contributed by atoms with Gasteiger partial charge in [0.05, 0.1) is 0 Å². The minimum atomic E-state index is 0.606. The lowest BCUT2D eigenvalue weighted by molar-refractivity contribution is 1.11. The summed E-state index contributed by atoms with van der Waals surface area (Å²) in [7, 11) is 0. The van der Waals surface area contributed by atoms with Crippen molar-refractivity contribution >= 4 is 11.8 Å². The normalized spacial score (nSPS) is 14.5. The minimum absolute atomic E-state index is 0.606. The highest BCUT2D eigenvalue weighted by Gasteiger charge is 2.08. The first-order valence-corrected chi connectivity index (χ1v) is 4.63. The van der Waals surface area contributed by atoms with Crippen molar-refractivity contribution in [1.29, 1.82) is 0 Å². The van der Waals surface area contributed by atoms with E-state index in [1.54, 1.807) is 0 Å². The average Bonchev–Trinajstić information content (AvgIpc) is 2.61. The maximum absolute atomic E-state index is 5.39. The Bertz CT molecular complexity index is 329. The SMILES string of the molecule is NCC=Cc1ccc2c(c1)CCN2. The van der Waals surface area contributed by atoms with Gasteiger partial charge >= 0.3 is 0 Å².